The van der Waals surface area contributed by atoms with E-state index in [1.165, 1.54) is 11.1 Å². The number of hydrogen-bond acceptors (Lipinski definition) is 2. The summed E-state index contributed by atoms with van der Waals surface area (Å²) in [6.45, 7) is 8.46. The molecule has 0 fully saturated rings. The maximum atomic E-state index is 6.02. The zero-order chi connectivity index (χ0) is 11.8. The monoisotopic (exact) mass is 219 g/mol. The van der Waals surface area contributed by atoms with Crippen molar-refractivity contribution < 1.29 is 4.74 Å². The standard InChI is InChI=1S/C14H21NO/c1-14(2,3)16-13-7-5-6-11-10-15(4)9-8-12(11)13/h5-7H,8-10H2,1-4H3. The molecule has 0 aromatic heterocycles. The Kier molecular flexibility index (Phi) is 2.94. The molecule has 0 radical (unpaired) electrons. The molecule has 0 unspecified atom stereocenters. The van der Waals surface area contributed by atoms with Gasteiger partial charge in [-0.3, -0.25) is 0 Å². The molecule has 0 spiro atoms. The van der Waals surface area contributed by atoms with Crippen LogP contribution in [-0.2, 0) is 13.0 Å². The molecule has 0 bridgehead atoms. The second-order valence-electron chi connectivity index (χ2n) is 5.60. The Morgan fingerprint density at radius 1 is 1.25 bits per heavy atom. The van der Waals surface area contributed by atoms with Crippen LogP contribution in [0, 0.1) is 0 Å². The van der Waals surface area contributed by atoms with Crippen LogP contribution in [0.15, 0.2) is 18.2 Å². The number of fused-ring (bicyclic) bond motifs is 1. The molecule has 1 aromatic carbocycles. The van der Waals surface area contributed by atoms with Gasteiger partial charge in [-0.25, -0.2) is 0 Å². The van der Waals surface area contributed by atoms with E-state index in [-0.39, 0.29) is 5.60 Å². The number of benzene rings is 1. The van der Waals surface area contributed by atoms with Crippen LogP contribution in [-0.4, -0.2) is 24.1 Å². The molecule has 2 heteroatoms. The predicted molar refractivity (Wildman–Crippen MR) is 66.9 cm³/mol. The van der Waals surface area contributed by atoms with Gasteiger partial charge in [-0.2, -0.15) is 0 Å². The minimum Gasteiger partial charge on any atom is -0.488 e. The van der Waals surface area contributed by atoms with Gasteiger partial charge in [-0.1, -0.05) is 12.1 Å². The number of ether oxygens (including phenoxy) is 1. The van der Waals surface area contributed by atoms with Gasteiger partial charge in [-0.05, 0) is 51.4 Å². The molecular formula is C14H21NO. The quantitative estimate of drug-likeness (QED) is 0.720. The van der Waals surface area contributed by atoms with Crippen molar-refractivity contribution in [3.8, 4) is 5.75 Å². The van der Waals surface area contributed by atoms with Crippen LogP contribution in [0.1, 0.15) is 31.9 Å². The highest BCUT2D eigenvalue weighted by Crippen LogP contribution is 2.29. The predicted octanol–water partition coefficient (Wildman–Crippen LogP) is 2.85. The smallest absolute Gasteiger partial charge is 0.123 e. The Balaban J connectivity index is 2.30. The number of likely N-dealkylation sites (N-methyl/N-ethyl adjacent to an activating group) is 1. The molecular weight excluding hydrogens is 198 g/mol. The third-order valence-corrected chi connectivity index (χ3v) is 2.83. The van der Waals surface area contributed by atoms with Gasteiger partial charge < -0.3 is 9.64 Å². The highest BCUT2D eigenvalue weighted by Gasteiger charge is 2.20. The Labute approximate surface area is 98.2 Å². The van der Waals surface area contributed by atoms with Crippen LogP contribution in [0.4, 0.5) is 0 Å². The fourth-order valence-electron chi connectivity index (χ4n) is 2.14. The van der Waals surface area contributed by atoms with E-state index in [1.807, 2.05) is 0 Å². The van der Waals surface area contributed by atoms with Crippen LogP contribution in [0.3, 0.4) is 0 Å². The van der Waals surface area contributed by atoms with Crippen LogP contribution in [0.5, 0.6) is 5.75 Å². The Morgan fingerprint density at radius 2 is 2.00 bits per heavy atom. The number of hydrogen-bond donors (Lipinski definition) is 0. The molecule has 2 rings (SSSR count). The molecule has 1 heterocycles. The molecule has 1 aliphatic rings. The summed E-state index contributed by atoms with van der Waals surface area (Å²) in [5, 5.41) is 0. The first-order chi connectivity index (χ1) is 7.46. The average molecular weight is 219 g/mol. The van der Waals surface area contributed by atoms with Crippen LogP contribution in [0.25, 0.3) is 0 Å². The van der Waals surface area contributed by atoms with Crippen molar-refractivity contribution in [2.75, 3.05) is 13.6 Å². The molecule has 0 N–H and O–H groups in total. The van der Waals surface area contributed by atoms with Gasteiger partial charge in [0, 0.05) is 13.1 Å². The highest BCUT2D eigenvalue weighted by molar-refractivity contribution is 5.42. The topological polar surface area (TPSA) is 12.5 Å². The lowest BCUT2D eigenvalue weighted by Crippen LogP contribution is -2.29. The van der Waals surface area contributed by atoms with Gasteiger partial charge in [0.25, 0.3) is 0 Å². The second kappa shape index (κ2) is 4.10. The molecule has 1 aliphatic heterocycles. The van der Waals surface area contributed by atoms with Crippen LogP contribution in [0.2, 0.25) is 0 Å². The summed E-state index contributed by atoms with van der Waals surface area (Å²) in [7, 11) is 2.17. The van der Waals surface area contributed by atoms with Crippen LogP contribution >= 0.6 is 0 Å². The van der Waals surface area contributed by atoms with Gasteiger partial charge in [0.1, 0.15) is 11.4 Å². The summed E-state index contributed by atoms with van der Waals surface area (Å²) in [4.78, 5) is 2.35. The summed E-state index contributed by atoms with van der Waals surface area (Å²) in [6, 6.07) is 6.40. The zero-order valence-electron chi connectivity index (χ0n) is 10.7. The van der Waals surface area contributed by atoms with E-state index in [0.717, 1.165) is 25.3 Å². The summed E-state index contributed by atoms with van der Waals surface area (Å²) >= 11 is 0. The fraction of sp³-hybridized carbons (Fsp3) is 0.571. The van der Waals surface area contributed by atoms with Gasteiger partial charge in [0.05, 0.1) is 0 Å². The minimum absolute atomic E-state index is 0.113. The lowest BCUT2D eigenvalue weighted by molar-refractivity contribution is 0.128. The lowest BCUT2D eigenvalue weighted by Gasteiger charge is -2.29. The van der Waals surface area contributed by atoms with Crippen molar-refractivity contribution in [2.45, 2.75) is 39.3 Å². The van der Waals surface area contributed by atoms with Crippen molar-refractivity contribution in [3.63, 3.8) is 0 Å². The largest absolute Gasteiger partial charge is 0.488 e. The van der Waals surface area contributed by atoms with E-state index in [2.05, 4.69) is 50.9 Å². The van der Waals surface area contributed by atoms with E-state index in [0.29, 0.717) is 0 Å². The minimum atomic E-state index is -0.113. The summed E-state index contributed by atoms with van der Waals surface area (Å²) in [6.07, 6.45) is 1.10. The van der Waals surface area contributed by atoms with Gasteiger partial charge in [0.15, 0.2) is 0 Å². The SMILES string of the molecule is CN1CCc2c(cccc2OC(C)(C)C)C1. The maximum Gasteiger partial charge on any atom is 0.123 e. The molecule has 0 amide bonds. The molecule has 0 saturated carbocycles. The Bertz CT molecular complexity index is 379. The maximum absolute atomic E-state index is 6.02. The zero-order valence-corrected chi connectivity index (χ0v) is 10.7. The van der Waals surface area contributed by atoms with Crippen molar-refractivity contribution in [2.24, 2.45) is 0 Å². The van der Waals surface area contributed by atoms with Gasteiger partial charge in [0.2, 0.25) is 0 Å². The third kappa shape index (κ3) is 2.56. The van der Waals surface area contributed by atoms with E-state index >= 15 is 0 Å². The first-order valence-corrected chi connectivity index (χ1v) is 5.94. The molecule has 2 nitrogen and oxygen atoms in total. The molecule has 0 atom stereocenters. The summed E-state index contributed by atoms with van der Waals surface area (Å²) in [5.41, 5.74) is 2.70. The van der Waals surface area contributed by atoms with Gasteiger partial charge >= 0.3 is 0 Å². The van der Waals surface area contributed by atoms with Crippen molar-refractivity contribution in [1.29, 1.82) is 0 Å². The normalized spacial score (nSPS) is 17.0. The summed E-state index contributed by atoms with van der Waals surface area (Å²) in [5.74, 6) is 1.07. The van der Waals surface area contributed by atoms with Crippen molar-refractivity contribution in [1.82, 2.24) is 4.90 Å². The third-order valence-electron chi connectivity index (χ3n) is 2.83. The second-order valence-corrected chi connectivity index (χ2v) is 5.60. The Morgan fingerprint density at radius 3 is 2.69 bits per heavy atom. The molecule has 1 aromatic rings. The van der Waals surface area contributed by atoms with Crippen molar-refractivity contribution in [3.05, 3.63) is 29.3 Å². The number of nitrogens with zero attached hydrogens (tertiary/aromatic N) is 1. The Hall–Kier alpha value is -1.02. The molecule has 16 heavy (non-hydrogen) atoms. The van der Waals surface area contributed by atoms with E-state index in [4.69, 9.17) is 4.74 Å². The lowest BCUT2D eigenvalue weighted by atomic mass is 9.99. The van der Waals surface area contributed by atoms with Gasteiger partial charge in [-0.15, -0.1) is 0 Å². The van der Waals surface area contributed by atoms with E-state index in [9.17, 15) is 0 Å². The van der Waals surface area contributed by atoms with E-state index < -0.39 is 0 Å². The molecule has 0 saturated heterocycles. The number of rotatable bonds is 1. The average Bonchev–Trinajstić information content (AvgIpc) is 2.15. The van der Waals surface area contributed by atoms with E-state index in [1.54, 1.807) is 0 Å². The first-order valence-electron chi connectivity index (χ1n) is 5.94. The molecule has 0 aliphatic carbocycles. The first kappa shape index (κ1) is 11.5. The van der Waals surface area contributed by atoms with Crippen LogP contribution < -0.4 is 4.74 Å². The fourth-order valence-corrected chi connectivity index (χ4v) is 2.14. The van der Waals surface area contributed by atoms with Crippen molar-refractivity contribution >= 4 is 0 Å². The highest BCUT2D eigenvalue weighted by atomic mass is 16.5. The summed E-state index contributed by atoms with van der Waals surface area (Å²) < 4.78 is 6.02. The molecule has 88 valence electrons.